The Morgan fingerprint density at radius 2 is 1.96 bits per heavy atom. The molecule has 1 aromatic carbocycles. The predicted octanol–water partition coefficient (Wildman–Crippen LogP) is 3.56. The van der Waals surface area contributed by atoms with E-state index in [2.05, 4.69) is 28.2 Å². The van der Waals surface area contributed by atoms with Crippen molar-refractivity contribution >= 4 is 16.9 Å². The minimum Gasteiger partial charge on any atom is -0.346 e. The van der Waals surface area contributed by atoms with E-state index < -0.39 is 0 Å². The molecule has 0 spiro atoms. The minimum atomic E-state index is 0.0858. The Bertz CT molecular complexity index is 941. The molecule has 0 unspecified atom stereocenters. The van der Waals surface area contributed by atoms with Crippen molar-refractivity contribution in [3.8, 4) is 12.3 Å². The third kappa shape index (κ3) is 2.89. The normalized spacial score (nSPS) is 15.2. The quantitative estimate of drug-likeness (QED) is 0.731. The zero-order valence-corrected chi connectivity index (χ0v) is 13.9. The number of carbonyl (C=O) groups excluding carboxylic acids is 1. The van der Waals surface area contributed by atoms with Crippen LogP contribution < -0.4 is 0 Å². The molecule has 4 nitrogen and oxygen atoms in total. The first-order chi connectivity index (χ1) is 12.3. The number of carbonyl (C=O) groups is 1. The van der Waals surface area contributed by atoms with Gasteiger partial charge in [-0.1, -0.05) is 5.92 Å². The second-order valence-corrected chi connectivity index (χ2v) is 6.43. The summed E-state index contributed by atoms with van der Waals surface area (Å²) in [6.07, 6.45) is 11.2. The molecule has 0 radical (unpaired) electrons. The molecule has 3 heterocycles. The molecule has 25 heavy (non-hydrogen) atoms. The van der Waals surface area contributed by atoms with Gasteiger partial charge in [-0.2, -0.15) is 0 Å². The highest BCUT2D eigenvalue weighted by atomic mass is 16.2. The Hall–Kier alpha value is -3.06. The number of nitrogens with zero attached hydrogens (tertiary/aromatic N) is 2. The van der Waals surface area contributed by atoms with Gasteiger partial charge in [0, 0.05) is 42.0 Å². The lowest BCUT2D eigenvalue weighted by Gasteiger charge is -2.32. The number of aromatic amines is 1. The van der Waals surface area contributed by atoms with Crippen molar-refractivity contribution in [2.24, 2.45) is 0 Å². The van der Waals surface area contributed by atoms with Crippen molar-refractivity contribution in [1.29, 1.82) is 0 Å². The van der Waals surface area contributed by atoms with E-state index in [1.54, 1.807) is 6.20 Å². The van der Waals surface area contributed by atoms with Gasteiger partial charge in [-0.3, -0.25) is 4.79 Å². The van der Waals surface area contributed by atoms with E-state index in [9.17, 15) is 4.79 Å². The van der Waals surface area contributed by atoms with Crippen LogP contribution in [0.15, 0.2) is 48.8 Å². The fourth-order valence-corrected chi connectivity index (χ4v) is 3.60. The molecule has 1 fully saturated rings. The van der Waals surface area contributed by atoms with Crippen molar-refractivity contribution in [3.05, 3.63) is 65.5 Å². The number of terminal acetylenes is 1. The lowest BCUT2D eigenvalue weighted by atomic mass is 9.89. The summed E-state index contributed by atoms with van der Waals surface area (Å²) in [7, 11) is 0. The van der Waals surface area contributed by atoms with Gasteiger partial charge in [0.05, 0.1) is 0 Å². The number of nitrogens with one attached hydrogen (secondary N) is 1. The van der Waals surface area contributed by atoms with Crippen LogP contribution in [0.25, 0.3) is 11.0 Å². The van der Waals surface area contributed by atoms with Crippen LogP contribution in [0.4, 0.5) is 0 Å². The molecule has 0 bridgehead atoms. The van der Waals surface area contributed by atoms with Gasteiger partial charge in [-0.25, -0.2) is 4.98 Å². The maximum atomic E-state index is 12.7. The summed E-state index contributed by atoms with van der Waals surface area (Å²) < 4.78 is 0. The first kappa shape index (κ1) is 15.5. The molecule has 1 saturated heterocycles. The smallest absolute Gasteiger partial charge is 0.253 e. The number of piperidine rings is 1. The molecule has 124 valence electrons. The molecule has 1 N–H and O–H groups in total. The summed E-state index contributed by atoms with van der Waals surface area (Å²) in [5.41, 5.74) is 3.75. The minimum absolute atomic E-state index is 0.0858. The molecule has 1 aliphatic heterocycles. The lowest BCUT2D eigenvalue weighted by molar-refractivity contribution is 0.0713. The zero-order chi connectivity index (χ0) is 17.2. The van der Waals surface area contributed by atoms with Gasteiger partial charge in [0.25, 0.3) is 5.91 Å². The Kier molecular flexibility index (Phi) is 3.99. The number of H-pyrrole nitrogens is 1. The van der Waals surface area contributed by atoms with Gasteiger partial charge in [0.1, 0.15) is 5.65 Å². The van der Waals surface area contributed by atoms with Crippen LogP contribution >= 0.6 is 0 Å². The Labute approximate surface area is 146 Å². The van der Waals surface area contributed by atoms with Crippen LogP contribution in [0.1, 0.15) is 40.2 Å². The summed E-state index contributed by atoms with van der Waals surface area (Å²) in [5, 5.41) is 1.19. The first-order valence-electron chi connectivity index (χ1n) is 8.54. The molecule has 4 heteroatoms. The Morgan fingerprint density at radius 1 is 1.20 bits per heavy atom. The van der Waals surface area contributed by atoms with E-state index in [0.717, 1.165) is 37.1 Å². The van der Waals surface area contributed by atoms with Gasteiger partial charge < -0.3 is 9.88 Å². The van der Waals surface area contributed by atoms with Crippen molar-refractivity contribution in [2.75, 3.05) is 13.1 Å². The summed E-state index contributed by atoms with van der Waals surface area (Å²) >= 11 is 0. The molecule has 1 amide bonds. The Morgan fingerprint density at radius 3 is 2.68 bits per heavy atom. The highest BCUT2D eigenvalue weighted by Gasteiger charge is 2.26. The fourth-order valence-electron chi connectivity index (χ4n) is 3.60. The van der Waals surface area contributed by atoms with E-state index in [-0.39, 0.29) is 5.91 Å². The monoisotopic (exact) mass is 329 g/mol. The van der Waals surface area contributed by atoms with E-state index >= 15 is 0 Å². The van der Waals surface area contributed by atoms with Gasteiger partial charge in [-0.15, -0.1) is 6.42 Å². The van der Waals surface area contributed by atoms with E-state index in [1.165, 1.54) is 10.9 Å². The third-order valence-corrected chi connectivity index (χ3v) is 5.00. The number of fused-ring (bicyclic) bond motifs is 1. The number of benzene rings is 1. The van der Waals surface area contributed by atoms with Gasteiger partial charge in [0.2, 0.25) is 0 Å². The molecule has 3 aromatic rings. The molecule has 2 aromatic heterocycles. The lowest BCUT2D eigenvalue weighted by Crippen LogP contribution is -2.37. The maximum Gasteiger partial charge on any atom is 0.253 e. The highest BCUT2D eigenvalue weighted by molar-refractivity contribution is 5.94. The number of rotatable bonds is 2. The van der Waals surface area contributed by atoms with Crippen LogP contribution in [0, 0.1) is 12.3 Å². The topological polar surface area (TPSA) is 49.0 Å². The van der Waals surface area contributed by atoms with Gasteiger partial charge in [0.15, 0.2) is 0 Å². The zero-order valence-electron chi connectivity index (χ0n) is 13.9. The van der Waals surface area contributed by atoms with E-state index in [0.29, 0.717) is 11.5 Å². The van der Waals surface area contributed by atoms with Crippen LogP contribution in [-0.2, 0) is 0 Å². The summed E-state index contributed by atoms with van der Waals surface area (Å²) in [5.74, 6) is 3.13. The standard InChI is InChI=1S/C21H19N3O/c1-2-15-5-7-17(8-6-15)21(25)24-12-9-16(10-13-24)19-14-23-20-18(19)4-3-11-22-20/h1,3-8,11,14,16H,9-10,12-13H2,(H,22,23). The van der Waals surface area contributed by atoms with Crippen molar-refractivity contribution in [1.82, 2.24) is 14.9 Å². The summed E-state index contributed by atoms with van der Waals surface area (Å²) in [6, 6.07) is 11.3. The number of likely N-dealkylation sites (tertiary alicyclic amines) is 1. The average molecular weight is 329 g/mol. The molecular weight excluding hydrogens is 310 g/mol. The second-order valence-electron chi connectivity index (χ2n) is 6.43. The maximum absolute atomic E-state index is 12.7. The van der Waals surface area contributed by atoms with Crippen molar-refractivity contribution < 1.29 is 4.79 Å². The molecule has 4 rings (SSSR count). The molecule has 0 atom stereocenters. The number of amides is 1. The number of hydrogen-bond donors (Lipinski definition) is 1. The Balaban J connectivity index is 1.46. The van der Waals surface area contributed by atoms with Crippen LogP contribution in [0.2, 0.25) is 0 Å². The van der Waals surface area contributed by atoms with Crippen LogP contribution in [0.3, 0.4) is 0 Å². The van der Waals surface area contributed by atoms with Crippen molar-refractivity contribution in [3.63, 3.8) is 0 Å². The SMILES string of the molecule is C#Cc1ccc(C(=O)N2CCC(c3c[nH]c4ncccc34)CC2)cc1. The third-order valence-electron chi connectivity index (χ3n) is 5.00. The van der Waals surface area contributed by atoms with E-state index in [4.69, 9.17) is 6.42 Å². The summed E-state index contributed by atoms with van der Waals surface area (Å²) in [6.45, 7) is 1.54. The molecule has 0 saturated carbocycles. The van der Waals surface area contributed by atoms with Gasteiger partial charge >= 0.3 is 0 Å². The van der Waals surface area contributed by atoms with Crippen LogP contribution in [0.5, 0.6) is 0 Å². The molecule has 1 aliphatic rings. The molecular formula is C21H19N3O. The predicted molar refractivity (Wildman–Crippen MR) is 98.3 cm³/mol. The van der Waals surface area contributed by atoms with Crippen LogP contribution in [-0.4, -0.2) is 33.9 Å². The highest BCUT2D eigenvalue weighted by Crippen LogP contribution is 2.32. The molecule has 0 aliphatic carbocycles. The number of pyridine rings is 1. The first-order valence-corrected chi connectivity index (χ1v) is 8.54. The van der Waals surface area contributed by atoms with E-state index in [1.807, 2.05) is 35.2 Å². The fraction of sp³-hybridized carbons (Fsp3) is 0.238. The second kappa shape index (κ2) is 6.45. The number of hydrogen-bond acceptors (Lipinski definition) is 2. The summed E-state index contributed by atoms with van der Waals surface area (Å²) in [4.78, 5) is 22.2. The number of aromatic nitrogens is 2. The average Bonchev–Trinajstić information content (AvgIpc) is 3.12. The van der Waals surface area contributed by atoms with Gasteiger partial charge in [-0.05, 0) is 60.7 Å². The van der Waals surface area contributed by atoms with Crippen molar-refractivity contribution in [2.45, 2.75) is 18.8 Å². The largest absolute Gasteiger partial charge is 0.346 e.